The fourth-order valence-electron chi connectivity index (χ4n) is 3.24. The maximum Gasteiger partial charge on any atom is 0.408 e. The molecule has 32 heavy (non-hydrogen) atoms. The summed E-state index contributed by atoms with van der Waals surface area (Å²) in [5, 5.41) is 5.46. The van der Waals surface area contributed by atoms with Gasteiger partial charge >= 0.3 is 6.09 Å². The van der Waals surface area contributed by atoms with Gasteiger partial charge in [-0.25, -0.2) is 4.79 Å². The number of hydrogen-bond acceptors (Lipinski definition) is 4. The molecule has 0 radical (unpaired) electrons. The van der Waals surface area contributed by atoms with Crippen LogP contribution in [0.15, 0.2) is 30.9 Å². The van der Waals surface area contributed by atoms with E-state index in [1.165, 1.54) is 4.90 Å². The molecule has 0 aliphatic rings. The Balaban J connectivity index is 3.16. The first-order valence-electron chi connectivity index (χ1n) is 11.2. The molecule has 7 nitrogen and oxygen atoms in total. The van der Waals surface area contributed by atoms with Crippen molar-refractivity contribution in [3.8, 4) is 0 Å². The molecule has 1 aromatic carbocycles. The number of benzene rings is 1. The molecule has 7 heteroatoms. The third kappa shape index (κ3) is 9.12. The molecule has 0 heterocycles. The average molecular weight is 446 g/mol. The van der Waals surface area contributed by atoms with Crippen molar-refractivity contribution in [3.63, 3.8) is 0 Å². The fourth-order valence-corrected chi connectivity index (χ4v) is 3.24. The Labute approximate surface area is 192 Å². The van der Waals surface area contributed by atoms with Gasteiger partial charge in [0.05, 0.1) is 0 Å². The van der Waals surface area contributed by atoms with E-state index < -0.39 is 23.6 Å². The SMILES string of the molecule is C=CCN(C(=O)CNC(=O)OC(C)(C)C)C(C(=O)NCCCCC)c1cc(C)ccc1C. The molecule has 0 aliphatic heterocycles. The number of carbonyl (C=O) groups is 3. The van der Waals surface area contributed by atoms with Crippen LogP contribution in [0.5, 0.6) is 0 Å². The van der Waals surface area contributed by atoms with Crippen molar-refractivity contribution in [2.45, 2.75) is 72.4 Å². The normalized spacial score (nSPS) is 11.9. The molecular weight excluding hydrogens is 406 g/mol. The van der Waals surface area contributed by atoms with Crippen molar-refractivity contribution in [3.05, 3.63) is 47.5 Å². The van der Waals surface area contributed by atoms with Gasteiger partial charge in [-0.05, 0) is 52.2 Å². The quantitative estimate of drug-likeness (QED) is 0.395. The molecule has 0 aromatic heterocycles. The molecule has 3 amide bonds. The second kappa shape index (κ2) is 12.9. The molecule has 1 atom stereocenters. The summed E-state index contributed by atoms with van der Waals surface area (Å²) in [6.45, 7) is 15.4. The summed E-state index contributed by atoms with van der Waals surface area (Å²) in [5.41, 5.74) is 1.98. The second-order valence-corrected chi connectivity index (χ2v) is 8.95. The van der Waals surface area contributed by atoms with E-state index in [-0.39, 0.29) is 19.0 Å². The van der Waals surface area contributed by atoms with Gasteiger partial charge in [-0.1, -0.05) is 49.6 Å². The third-order valence-corrected chi connectivity index (χ3v) is 4.80. The number of carbonyl (C=O) groups excluding carboxylic acids is 3. The Hall–Kier alpha value is -2.83. The zero-order valence-corrected chi connectivity index (χ0v) is 20.4. The van der Waals surface area contributed by atoms with Crippen molar-refractivity contribution >= 4 is 17.9 Å². The molecule has 0 spiro atoms. The Bertz CT molecular complexity index is 799. The van der Waals surface area contributed by atoms with Crippen LogP contribution in [0.3, 0.4) is 0 Å². The summed E-state index contributed by atoms with van der Waals surface area (Å²) in [5.74, 6) is -0.646. The minimum Gasteiger partial charge on any atom is -0.444 e. The highest BCUT2D eigenvalue weighted by Gasteiger charge is 2.32. The fraction of sp³-hybridized carbons (Fsp3) is 0.560. The minimum atomic E-state index is -0.831. The molecule has 0 aliphatic carbocycles. The Morgan fingerprint density at radius 1 is 1.16 bits per heavy atom. The van der Waals surface area contributed by atoms with Crippen LogP contribution >= 0.6 is 0 Å². The molecule has 0 bridgehead atoms. The van der Waals surface area contributed by atoms with Crippen molar-refractivity contribution in [2.24, 2.45) is 0 Å². The van der Waals surface area contributed by atoms with Gasteiger partial charge in [-0.3, -0.25) is 9.59 Å². The zero-order valence-electron chi connectivity index (χ0n) is 20.4. The molecule has 0 saturated carbocycles. The van der Waals surface area contributed by atoms with Gasteiger partial charge in [-0.15, -0.1) is 6.58 Å². The van der Waals surface area contributed by atoms with Gasteiger partial charge in [0.2, 0.25) is 11.8 Å². The van der Waals surface area contributed by atoms with E-state index in [0.29, 0.717) is 6.54 Å². The zero-order chi connectivity index (χ0) is 24.3. The Morgan fingerprint density at radius 3 is 2.44 bits per heavy atom. The Kier molecular flexibility index (Phi) is 11.0. The monoisotopic (exact) mass is 445 g/mol. The highest BCUT2D eigenvalue weighted by Crippen LogP contribution is 2.26. The second-order valence-electron chi connectivity index (χ2n) is 8.95. The van der Waals surface area contributed by atoms with Crippen LogP contribution in [-0.4, -0.2) is 48.0 Å². The van der Waals surface area contributed by atoms with Crippen molar-refractivity contribution in [1.82, 2.24) is 15.5 Å². The summed E-state index contributed by atoms with van der Waals surface area (Å²) in [4.78, 5) is 39.8. The van der Waals surface area contributed by atoms with E-state index in [4.69, 9.17) is 4.74 Å². The summed E-state index contributed by atoms with van der Waals surface area (Å²) in [7, 11) is 0. The van der Waals surface area contributed by atoms with E-state index in [2.05, 4.69) is 24.1 Å². The standard InChI is InChI=1S/C25H39N3O4/c1-8-10-11-14-26-23(30)22(20-16-18(3)12-13-19(20)4)28(15-9-2)21(29)17-27-24(31)32-25(5,6)7/h9,12-13,16,22H,2,8,10-11,14-15,17H2,1,3-7H3,(H,26,30)(H,27,31). The summed E-state index contributed by atoms with van der Waals surface area (Å²) < 4.78 is 5.21. The van der Waals surface area contributed by atoms with Crippen molar-refractivity contribution in [1.29, 1.82) is 0 Å². The number of rotatable bonds is 11. The predicted molar refractivity (Wildman–Crippen MR) is 127 cm³/mol. The lowest BCUT2D eigenvalue weighted by molar-refractivity contribution is -0.139. The maximum atomic E-state index is 13.3. The molecule has 1 unspecified atom stereocenters. The molecule has 1 rings (SSSR count). The largest absolute Gasteiger partial charge is 0.444 e. The van der Waals surface area contributed by atoms with Crippen LogP contribution in [-0.2, 0) is 14.3 Å². The van der Waals surface area contributed by atoms with Crippen molar-refractivity contribution < 1.29 is 19.1 Å². The first-order valence-corrected chi connectivity index (χ1v) is 11.2. The number of nitrogens with one attached hydrogen (secondary N) is 2. The van der Waals surface area contributed by atoms with Crippen molar-refractivity contribution in [2.75, 3.05) is 19.6 Å². The van der Waals surface area contributed by atoms with E-state index in [1.807, 2.05) is 32.0 Å². The van der Waals surface area contributed by atoms with Gasteiger partial charge in [0.25, 0.3) is 0 Å². The number of hydrogen-bond donors (Lipinski definition) is 2. The first kappa shape index (κ1) is 27.2. The lowest BCUT2D eigenvalue weighted by atomic mass is 9.96. The number of nitrogens with zero attached hydrogens (tertiary/aromatic N) is 1. The number of unbranched alkanes of at least 4 members (excludes halogenated alkanes) is 2. The predicted octanol–water partition coefficient (Wildman–Crippen LogP) is 4.19. The lowest BCUT2D eigenvalue weighted by Crippen LogP contribution is -2.48. The summed E-state index contributed by atoms with van der Waals surface area (Å²) in [6.07, 6.45) is 3.83. The van der Waals surface area contributed by atoms with Gasteiger partial charge in [-0.2, -0.15) is 0 Å². The average Bonchev–Trinajstić information content (AvgIpc) is 2.70. The topological polar surface area (TPSA) is 87.7 Å². The summed E-state index contributed by atoms with van der Waals surface area (Å²) >= 11 is 0. The maximum absolute atomic E-state index is 13.3. The van der Waals surface area contributed by atoms with Gasteiger partial charge in [0, 0.05) is 13.1 Å². The molecule has 0 saturated heterocycles. The molecule has 178 valence electrons. The smallest absolute Gasteiger partial charge is 0.408 e. The van der Waals surface area contributed by atoms with Crippen LogP contribution in [0.4, 0.5) is 4.79 Å². The molecule has 1 aromatic rings. The molecule has 0 fully saturated rings. The van der Waals surface area contributed by atoms with Crippen LogP contribution < -0.4 is 10.6 Å². The first-order chi connectivity index (χ1) is 15.0. The molecule has 2 N–H and O–H groups in total. The van der Waals surface area contributed by atoms with Crippen LogP contribution in [0.1, 0.15) is 69.7 Å². The van der Waals surface area contributed by atoms with Gasteiger partial charge < -0.3 is 20.3 Å². The number of ether oxygens (including phenoxy) is 1. The van der Waals surface area contributed by atoms with Gasteiger partial charge in [0.1, 0.15) is 18.2 Å². The van der Waals surface area contributed by atoms with E-state index >= 15 is 0 Å². The van der Waals surface area contributed by atoms with Crippen LogP contribution in [0.2, 0.25) is 0 Å². The highest BCUT2D eigenvalue weighted by atomic mass is 16.6. The number of aryl methyl sites for hydroxylation is 2. The molecular formula is C25H39N3O4. The summed E-state index contributed by atoms with van der Waals surface area (Å²) in [6, 6.07) is 5.01. The third-order valence-electron chi connectivity index (χ3n) is 4.80. The highest BCUT2D eigenvalue weighted by molar-refractivity contribution is 5.90. The lowest BCUT2D eigenvalue weighted by Gasteiger charge is -2.32. The van der Waals surface area contributed by atoms with E-state index in [9.17, 15) is 14.4 Å². The van der Waals surface area contributed by atoms with Crippen LogP contribution in [0.25, 0.3) is 0 Å². The Morgan fingerprint density at radius 2 is 1.84 bits per heavy atom. The minimum absolute atomic E-state index is 0.162. The van der Waals surface area contributed by atoms with Gasteiger partial charge in [0.15, 0.2) is 0 Å². The van der Waals surface area contributed by atoms with E-state index in [1.54, 1.807) is 26.8 Å². The van der Waals surface area contributed by atoms with E-state index in [0.717, 1.165) is 36.0 Å². The number of amides is 3. The number of alkyl carbamates (subject to hydrolysis) is 1. The van der Waals surface area contributed by atoms with Crippen LogP contribution in [0, 0.1) is 13.8 Å².